The number of nitrogens with zero attached hydrogens (tertiary/aromatic N) is 3. The zero-order chi connectivity index (χ0) is 12.5. The molecule has 0 atom stereocenters. The van der Waals surface area contributed by atoms with Gasteiger partial charge in [-0.25, -0.2) is 4.98 Å². The highest BCUT2D eigenvalue weighted by molar-refractivity contribution is 5.30. The molecule has 1 saturated heterocycles. The fourth-order valence-corrected chi connectivity index (χ4v) is 2.78. The lowest BCUT2D eigenvalue weighted by atomic mass is 9.97. The molecule has 0 bridgehead atoms. The Kier molecular flexibility index (Phi) is 3.29. The Labute approximate surface area is 109 Å². The zero-order valence-electron chi connectivity index (χ0n) is 11.5. The van der Waals surface area contributed by atoms with Crippen LogP contribution in [0.1, 0.15) is 37.4 Å². The third-order valence-corrected chi connectivity index (χ3v) is 4.18. The summed E-state index contributed by atoms with van der Waals surface area (Å²) >= 11 is 0. The molecule has 0 aromatic carbocycles. The van der Waals surface area contributed by atoms with Crippen LogP contribution in [0.3, 0.4) is 0 Å². The molecule has 2 heterocycles. The lowest BCUT2D eigenvalue weighted by molar-refractivity contribution is 0.226. The molecule has 3 rings (SSSR count). The largest absolute Gasteiger partial charge is 0.355 e. The molecule has 1 N–H and O–H groups in total. The van der Waals surface area contributed by atoms with E-state index in [4.69, 9.17) is 0 Å². The topological polar surface area (TPSA) is 33.1 Å². The van der Waals surface area contributed by atoms with E-state index in [1.54, 1.807) is 0 Å². The summed E-state index contributed by atoms with van der Waals surface area (Å²) in [6.45, 7) is 5.64. The van der Waals surface area contributed by atoms with Crippen molar-refractivity contribution in [1.82, 2.24) is 14.5 Å². The van der Waals surface area contributed by atoms with Crippen LogP contribution in [0.5, 0.6) is 0 Å². The van der Waals surface area contributed by atoms with Crippen LogP contribution in [0.4, 0.5) is 5.95 Å². The first-order chi connectivity index (χ1) is 8.72. The Balaban J connectivity index is 1.56. The van der Waals surface area contributed by atoms with E-state index in [1.165, 1.54) is 38.8 Å². The highest BCUT2D eigenvalue weighted by atomic mass is 15.2. The standard InChI is InChI=1S/C14H24N4/c1-11-10-18(13-3-4-13)14(16-11)15-9-12-5-7-17(2)8-6-12/h10,12-13H,3-9H2,1-2H3,(H,15,16). The molecule has 0 radical (unpaired) electrons. The predicted octanol–water partition coefficient (Wildman–Crippen LogP) is 2.28. The normalized spacial score (nSPS) is 22.3. The summed E-state index contributed by atoms with van der Waals surface area (Å²) < 4.78 is 2.34. The average Bonchev–Trinajstić information content (AvgIpc) is 3.13. The number of aryl methyl sites for hydroxylation is 1. The summed E-state index contributed by atoms with van der Waals surface area (Å²) in [6.07, 6.45) is 7.45. The minimum absolute atomic E-state index is 0.714. The van der Waals surface area contributed by atoms with Crippen molar-refractivity contribution in [1.29, 1.82) is 0 Å². The van der Waals surface area contributed by atoms with Gasteiger partial charge in [-0.1, -0.05) is 0 Å². The van der Waals surface area contributed by atoms with Crippen LogP contribution in [0.15, 0.2) is 6.20 Å². The third kappa shape index (κ3) is 2.69. The number of hydrogen-bond acceptors (Lipinski definition) is 3. The summed E-state index contributed by atoms with van der Waals surface area (Å²) in [7, 11) is 2.22. The van der Waals surface area contributed by atoms with Crippen molar-refractivity contribution in [3.63, 3.8) is 0 Å². The van der Waals surface area contributed by atoms with Crippen molar-refractivity contribution in [2.75, 3.05) is 32.0 Å². The maximum atomic E-state index is 4.61. The summed E-state index contributed by atoms with van der Waals surface area (Å²) in [5.74, 6) is 1.90. The van der Waals surface area contributed by atoms with Crippen molar-refractivity contribution in [3.05, 3.63) is 11.9 Å². The van der Waals surface area contributed by atoms with Crippen molar-refractivity contribution in [2.45, 2.75) is 38.6 Å². The molecule has 2 aliphatic rings. The van der Waals surface area contributed by atoms with E-state index in [0.717, 1.165) is 24.1 Å². The Hall–Kier alpha value is -1.03. The maximum Gasteiger partial charge on any atom is 0.203 e. The molecular formula is C14H24N4. The van der Waals surface area contributed by atoms with E-state index < -0.39 is 0 Å². The van der Waals surface area contributed by atoms with Gasteiger partial charge in [0.2, 0.25) is 5.95 Å². The Morgan fingerprint density at radius 3 is 2.67 bits per heavy atom. The minimum atomic E-state index is 0.714. The molecule has 0 amide bonds. The molecule has 1 aliphatic carbocycles. The van der Waals surface area contributed by atoms with Crippen molar-refractivity contribution >= 4 is 5.95 Å². The number of anilines is 1. The summed E-state index contributed by atoms with van der Waals surface area (Å²) in [6, 6.07) is 0.714. The molecule has 100 valence electrons. The van der Waals surface area contributed by atoms with Gasteiger partial charge in [0.25, 0.3) is 0 Å². The molecule has 4 nitrogen and oxygen atoms in total. The van der Waals surface area contributed by atoms with Crippen molar-refractivity contribution in [3.8, 4) is 0 Å². The second-order valence-corrected chi connectivity index (χ2v) is 5.97. The molecule has 2 fully saturated rings. The van der Waals surface area contributed by atoms with Gasteiger partial charge in [0.1, 0.15) is 0 Å². The van der Waals surface area contributed by atoms with Gasteiger partial charge in [-0.05, 0) is 58.7 Å². The molecule has 1 aromatic heterocycles. The van der Waals surface area contributed by atoms with Gasteiger partial charge >= 0.3 is 0 Å². The second kappa shape index (κ2) is 4.92. The maximum absolute atomic E-state index is 4.61. The van der Waals surface area contributed by atoms with Gasteiger partial charge in [-0.15, -0.1) is 0 Å². The van der Waals surface area contributed by atoms with Crippen LogP contribution in [-0.4, -0.2) is 41.1 Å². The predicted molar refractivity (Wildman–Crippen MR) is 73.9 cm³/mol. The zero-order valence-corrected chi connectivity index (χ0v) is 11.5. The van der Waals surface area contributed by atoms with E-state index in [2.05, 4.69) is 39.9 Å². The lowest BCUT2D eigenvalue weighted by Gasteiger charge is -2.29. The summed E-state index contributed by atoms with van der Waals surface area (Å²) in [4.78, 5) is 7.04. The summed E-state index contributed by atoms with van der Waals surface area (Å²) in [5.41, 5.74) is 1.13. The Bertz CT molecular complexity index is 400. The fraction of sp³-hybridized carbons (Fsp3) is 0.786. The van der Waals surface area contributed by atoms with E-state index in [-0.39, 0.29) is 0 Å². The van der Waals surface area contributed by atoms with E-state index >= 15 is 0 Å². The van der Waals surface area contributed by atoms with Crippen molar-refractivity contribution < 1.29 is 0 Å². The van der Waals surface area contributed by atoms with Gasteiger partial charge in [0, 0.05) is 18.8 Å². The number of aromatic nitrogens is 2. The first-order valence-corrected chi connectivity index (χ1v) is 7.20. The summed E-state index contributed by atoms with van der Waals surface area (Å²) in [5, 5.41) is 3.57. The number of hydrogen-bond donors (Lipinski definition) is 1. The van der Waals surface area contributed by atoms with E-state index in [9.17, 15) is 0 Å². The molecule has 1 aliphatic heterocycles. The number of imidazole rings is 1. The van der Waals surface area contributed by atoms with Gasteiger partial charge in [0.05, 0.1) is 5.69 Å². The average molecular weight is 248 g/mol. The Morgan fingerprint density at radius 2 is 2.00 bits per heavy atom. The molecule has 0 spiro atoms. The van der Waals surface area contributed by atoms with Crippen LogP contribution >= 0.6 is 0 Å². The monoisotopic (exact) mass is 248 g/mol. The third-order valence-electron chi connectivity index (χ3n) is 4.18. The minimum Gasteiger partial charge on any atom is -0.355 e. The molecule has 4 heteroatoms. The second-order valence-electron chi connectivity index (χ2n) is 5.97. The molecule has 0 unspecified atom stereocenters. The fourth-order valence-electron chi connectivity index (χ4n) is 2.78. The van der Waals surface area contributed by atoms with Gasteiger partial charge in [0.15, 0.2) is 0 Å². The van der Waals surface area contributed by atoms with Gasteiger partial charge in [-0.3, -0.25) is 0 Å². The molecule has 1 saturated carbocycles. The van der Waals surface area contributed by atoms with Gasteiger partial charge in [-0.2, -0.15) is 0 Å². The quantitative estimate of drug-likeness (QED) is 0.887. The number of likely N-dealkylation sites (tertiary alicyclic amines) is 1. The number of nitrogens with one attached hydrogen (secondary N) is 1. The SMILES string of the molecule is Cc1cn(C2CC2)c(NCC2CCN(C)CC2)n1. The van der Waals surface area contributed by atoms with Gasteiger partial charge < -0.3 is 14.8 Å². The van der Waals surface area contributed by atoms with Crippen LogP contribution in [0.2, 0.25) is 0 Å². The number of piperidine rings is 1. The number of rotatable bonds is 4. The highest BCUT2D eigenvalue weighted by Gasteiger charge is 2.26. The van der Waals surface area contributed by atoms with Crippen LogP contribution in [0.25, 0.3) is 0 Å². The van der Waals surface area contributed by atoms with Crippen LogP contribution in [-0.2, 0) is 0 Å². The molecule has 1 aromatic rings. The van der Waals surface area contributed by atoms with E-state index in [1.807, 2.05) is 0 Å². The molecule has 18 heavy (non-hydrogen) atoms. The molecular weight excluding hydrogens is 224 g/mol. The van der Waals surface area contributed by atoms with Crippen LogP contribution < -0.4 is 5.32 Å². The van der Waals surface area contributed by atoms with Crippen molar-refractivity contribution in [2.24, 2.45) is 5.92 Å². The first-order valence-electron chi connectivity index (χ1n) is 7.20. The lowest BCUT2D eigenvalue weighted by Crippen LogP contribution is -2.33. The van der Waals surface area contributed by atoms with E-state index in [0.29, 0.717) is 6.04 Å². The first kappa shape index (κ1) is 12.0. The van der Waals surface area contributed by atoms with Crippen LogP contribution in [0, 0.1) is 12.8 Å². The Morgan fingerprint density at radius 1 is 1.28 bits per heavy atom. The smallest absolute Gasteiger partial charge is 0.203 e. The highest BCUT2D eigenvalue weighted by Crippen LogP contribution is 2.37.